The van der Waals surface area contributed by atoms with Gasteiger partial charge in [-0.1, -0.05) is 77.8 Å². The zero-order valence-electron chi connectivity index (χ0n) is 23.9. The smallest absolute Gasteiger partial charge is 0.412 e. The monoisotopic (exact) mass is 527 g/mol. The quantitative estimate of drug-likeness (QED) is 0.134. The van der Waals surface area contributed by atoms with E-state index in [1.807, 2.05) is 30.3 Å². The van der Waals surface area contributed by atoms with Crippen LogP contribution in [0.15, 0.2) is 42.5 Å². The highest BCUT2D eigenvalue weighted by Crippen LogP contribution is 2.40. The van der Waals surface area contributed by atoms with Crippen LogP contribution in [0, 0.1) is 5.92 Å². The maximum atomic E-state index is 12.8. The van der Waals surface area contributed by atoms with Crippen LogP contribution in [0.3, 0.4) is 0 Å². The second-order valence-corrected chi connectivity index (χ2v) is 14.0. The van der Waals surface area contributed by atoms with Crippen LogP contribution in [0.25, 0.3) is 0 Å². The summed E-state index contributed by atoms with van der Waals surface area (Å²) in [7, 11) is -1.07. The molecule has 0 spiro atoms. The molecule has 7 heteroatoms. The summed E-state index contributed by atoms with van der Waals surface area (Å²) in [4.78, 5) is 25.5. The third-order valence-corrected chi connectivity index (χ3v) is 8.39. The van der Waals surface area contributed by atoms with E-state index < -0.39 is 21.5 Å². The molecule has 1 N–H and O–H groups in total. The fourth-order valence-electron chi connectivity index (χ4n) is 3.42. The van der Waals surface area contributed by atoms with Crippen molar-refractivity contribution >= 4 is 27.5 Å². The van der Waals surface area contributed by atoms with Gasteiger partial charge >= 0.3 is 12.1 Å². The molecule has 0 aliphatic carbocycles. The van der Waals surface area contributed by atoms with Crippen LogP contribution >= 0.6 is 0 Å². The molecule has 0 aliphatic rings. The molecule has 0 saturated carbocycles. The van der Waals surface area contributed by atoms with E-state index in [1.165, 1.54) is 0 Å². The van der Waals surface area contributed by atoms with Gasteiger partial charge in [0.25, 0.3) is 0 Å². The lowest BCUT2D eigenvalue weighted by molar-refractivity contribution is -0.134. The summed E-state index contributed by atoms with van der Waals surface area (Å²) in [6, 6.07) is 13.8. The van der Waals surface area contributed by atoms with Gasteiger partial charge in [-0.15, -0.1) is 0 Å². The van der Waals surface area contributed by atoms with Crippen LogP contribution in [0.5, 0.6) is 11.5 Å². The highest BCUT2D eigenvalue weighted by molar-refractivity contribution is 6.33. The van der Waals surface area contributed by atoms with Gasteiger partial charge in [0.1, 0.15) is 17.0 Å². The van der Waals surface area contributed by atoms with Gasteiger partial charge in [-0.25, -0.2) is 4.79 Å². The minimum absolute atomic E-state index is 0.0234. The predicted molar refractivity (Wildman–Crippen MR) is 153 cm³/mol. The van der Waals surface area contributed by atoms with E-state index in [2.05, 4.69) is 52.1 Å². The topological polar surface area (TPSA) is 73.9 Å². The third-order valence-electron chi connectivity index (χ3n) is 6.37. The number of rotatable bonds is 12. The van der Waals surface area contributed by atoms with Crippen molar-refractivity contribution < 1.29 is 23.5 Å². The first kappa shape index (κ1) is 30.4. The summed E-state index contributed by atoms with van der Waals surface area (Å²) in [6.07, 6.45) is 3.05. The first-order valence-electron chi connectivity index (χ1n) is 13.3. The first-order valence-corrected chi connectivity index (χ1v) is 14.6. The van der Waals surface area contributed by atoms with E-state index in [0.717, 1.165) is 30.4 Å². The van der Waals surface area contributed by atoms with Crippen molar-refractivity contribution in [2.24, 2.45) is 5.92 Å². The summed E-state index contributed by atoms with van der Waals surface area (Å²) >= 11 is 0. The maximum Gasteiger partial charge on any atom is 0.412 e. The second kappa shape index (κ2) is 13.7. The molecule has 37 heavy (non-hydrogen) atoms. The number of benzene rings is 2. The van der Waals surface area contributed by atoms with Crippen molar-refractivity contribution in [2.45, 2.75) is 98.1 Å². The summed E-state index contributed by atoms with van der Waals surface area (Å²) in [6.45, 7) is 16.3. The van der Waals surface area contributed by atoms with Gasteiger partial charge in [0.15, 0.2) is 5.75 Å². The van der Waals surface area contributed by atoms with E-state index in [-0.39, 0.29) is 16.8 Å². The van der Waals surface area contributed by atoms with Gasteiger partial charge in [-0.05, 0) is 67.8 Å². The van der Waals surface area contributed by atoms with Gasteiger partial charge in [0, 0.05) is 6.42 Å². The maximum absolute atomic E-state index is 12.8. The van der Waals surface area contributed by atoms with Crippen LogP contribution in [-0.4, -0.2) is 27.4 Å². The van der Waals surface area contributed by atoms with Gasteiger partial charge in [0.2, 0.25) is 9.76 Å². The van der Waals surface area contributed by atoms with Crippen LogP contribution < -0.4 is 14.5 Å². The normalized spacial score (nSPS) is 12.1. The predicted octanol–water partition coefficient (Wildman–Crippen LogP) is 7.43. The fraction of sp³-hybridized carbons (Fsp3) is 0.533. The Kier molecular flexibility index (Phi) is 11.2. The molecule has 0 bridgehead atoms. The molecular weight excluding hydrogens is 482 g/mol. The van der Waals surface area contributed by atoms with Gasteiger partial charge < -0.3 is 13.9 Å². The van der Waals surface area contributed by atoms with Gasteiger partial charge in [-0.2, -0.15) is 0 Å². The lowest BCUT2D eigenvalue weighted by Gasteiger charge is -2.29. The Bertz CT molecular complexity index is 1030. The highest BCUT2D eigenvalue weighted by Gasteiger charge is 2.27. The van der Waals surface area contributed by atoms with Gasteiger partial charge in [-0.3, -0.25) is 10.1 Å². The standard InChI is InChI=1S/C30H45NO5Si/c1-9-10-12-17-26(32)34-24-19-23(18-22-15-13-11-14-16-22)20-25(36-37-30(7,8)21(2)3)27(24)31-28(33)35-29(4,5)6/h11,13-16,19-21H,9-10,12,17-18,37H2,1-8H3,(H,31,33). The molecule has 2 aromatic carbocycles. The number of anilines is 1. The van der Waals surface area contributed by atoms with Crippen molar-refractivity contribution in [1.29, 1.82) is 0 Å². The molecule has 0 aromatic heterocycles. The number of esters is 1. The molecule has 0 heterocycles. The summed E-state index contributed by atoms with van der Waals surface area (Å²) < 4.78 is 17.8. The van der Waals surface area contributed by atoms with E-state index in [0.29, 0.717) is 30.2 Å². The van der Waals surface area contributed by atoms with Crippen molar-refractivity contribution in [2.75, 3.05) is 5.32 Å². The fourth-order valence-corrected chi connectivity index (χ4v) is 4.51. The van der Waals surface area contributed by atoms with E-state index in [4.69, 9.17) is 13.9 Å². The number of amides is 1. The Morgan fingerprint density at radius 2 is 1.59 bits per heavy atom. The highest BCUT2D eigenvalue weighted by atomic mass is 28.2. The molecule has 0 aliphatic heterocycles. The van der Waals surface area contributed by atoms with Crippen molar-refractivity contribution in [1.82, 2.24) is 0 Å². The number of carbonyl (C=O) groups excluding carboxylic acids is 2. The molecule has 2 rings (SSSR count). The molecule has 0 unspecified atom stereocenters. The Balaban J connectivity index is 2.51. The number of unbranched alkanes of at least 4 members (excludes halogenated alkanes) is 2. The Hall–Kier alpha value is -2.80. The zero-order valence-corrected chi connectivity index (χ0v) is 25.3. The lowest BCUT2D eigenvalue weighted by atomic mass is 9.99. The average molecular weight is 528 g/mol. The average Bonchev–Trinajstić information content (AvgIpc) is 2.79. The number of ether oxygens (including phenoxy) is 2. The minimum Gasteiger partial charge on any atom is -0.547 e. The number of carbonyl (C=O) groups is 2. The van der Waals surface area contributed by atoms with Crippen LogP contribution in [0.2, 0.25) is 5.04 Å². The molecule has 204 valence electrons. The van der Waals surface area contributed by atoms with Crippen molar-refractivity contribution in [3.8, 4) is 11.5 Å². The second-order valence-electron chi connectivity index (χ2n) is 11.6. The van der Waals surface area contributed by atoms with E-state index in [9.17, 15) is 9.59 Å². The summed E-state index contributed by atoms with van der Waals surface area (Å²) in [5.74, 6) is 0.899. The molecule has 1 amide bonds. The minimum atomic E-state index is -1.07. The van der Waals surface area contributed by atoms with Crippen LogP contribution in [0.4, 0.5) is 10.5 Å². The number of nitrogens with one attached hydrogen (secondary N) is 1. The molecule has 0 saturated heterocycles. The van der Waals surface area contributed by atoms with Crippen molar-refractivity contribution in [3.05, 3.63) is 53.6 Å². The van der Waals surface area contributed by atoms with Crippen LogP contribution in [-0.2, 0) is 16.0 Å². The molecule has 2 aromatic rings. The first-order chi connectivity index (χ1) is 17.3. The number of hydrogen-bond donors (Lipinski definition) is 1. The SMILES string of the molecule is CCCCCC(=O)Oc1cc(Cc2ccccc2)cc(O[SiH2]C(C)(C)C(C)C)c1NC(=O)OC(C)(C)C. The third kappa shape index (κ3) is 10.6. The van der Waals surface area contributed by atoms with Crippen LogP contribution in [0.1, 0.15) is 92.2 Å². The zero-order chi connectivity index (χ0) is 27.6. The molecule has 0 fully saturated rings. The summed E-state index contributed by atoms with van der Waals surface area (Å²) in [5, 5.41) is 2.85. The number of hydrogen-bond acceptors (Lipinski definition) is 5. The largest absolute Gasteiger partial charge is 0.547 e. The Morgan fingerprint density at radius 3 is 2.19 bits per heavy atom. The molecule has 6 nitrogen and oxygen atoms in total. The Morgan fingerprint density at radius 1 is 0.946 bits per heavy atom. The lowest BCUT2D eigenvalue weighted by Crippen LogP contribution is -2.28. The van der Waals surface area contributed by atoms with Gasteiger partial charge in [0.05, 0.1) is 0 Å². The molecular formula is C30H45NO5Si. The van der Waals surface area contributed by atoms with E-state index >= 15 is 0 Å². The Labute approximate surface area is 225 Å². The molecule has 0 atom stereocenters. The molecule has 0 radical (unpaired) electrons. The van der Waals surface area contributed by atoms with Crippen molar-refractivity contribution in [3.63, 3.8) is 0 Å². The summed E-state index contributed by atoms with van der Waals surface area (Å²) in [5.41, 5.74) is 1.72. The van der Waals surface area contributed by atoms with E-state index in [1.54, 1.807) is 20.8 Å².